The molecule has 4 nitrogen and oxygen atoms in total. The smallest absolute Gasteiger partial charge is 0.231 e. The molecule has 1 aromatic carbocycles. The van der Waals surface area contributed by atoms with Crippen LogP contribution in [0.3, 0.4) is 0 Å². The Hall–Kier alpha value is -2.14. The molecule has 2 aromatic heterocycles. The lowest BCUT2D eigenvalue weighted by molar-refractivity contribution is 0.135. The monoisotopic (exact) mass is 326 g/mol. The molecule has 0 saturated carbocycles. The number of thiophene rings is 1. The quantitative estimate of drug-likeness (QED) is 0.677. The van der Waals surface area contributed by atoms with E-state index in [1.807, 2.05) is 12.1 Å². The molecule has 4 rings (SSSR count). The van der Waals surface area contributed by atoms with Gasteiger partial charge in [0.15, 0.2) is 11.5 Å². The standard InChI is InChI=1S/C18H18N2O2S/c1-10-11(2)23-17-14(10)16(19-9-20-17)21-13-7-5-6-12-8-18(3,4)22-15(12)13/h5-7,9H,8H2,1-4H3. The van der Waals surface area contributed by atoms with Gasteiger partial charge in [-0.2, -0.15) is 0 Å². The summed E-state index contributed by atoms with van der Waals surface area (Å²) < 4.78 is 12.2. The summed E-state index contributed by atoms with van der Waals surface area (Å²) in [6.07, 6.45) is 2.44. The number of hydrogen-bond donors (Lipinski definition) is 0. The Labute approximate surface area is 139 Å². The molecule has 23 heavy (non-hydrogen) atoms. The minimum atomic E-state index is -0.197. The molecule has 0 saturated heterocycles. The van der Waals surface area contributed by atoms with Crippen molar-refractivity contribution in [3.63, 3.8) is 0 Å². The third-order valence-corrected chi connectivity index (χ3v) is 5.31. The molecule has 3 heterocycles. The summed E-state index contributed by atoms with van der Waals surface area (Å²) >= 11 is 1.67. The second kappa shape index (κ2) is 4.93. The highest BCUT2D eigenvalue weighted by atomic mass is 32.1. The van der Waals surface area contributed by atoms with Gasteiger partial charge in [-0.3, -0.25) is 0 Å². The Morgan fingerprint density at radius 1 is 1.22 bits per heavy atom. The van der Waals surface area contributed by atoms with Gasteiger partial charge in [-0.1, -0.05) is 12.1 Å². The number of aryl methyl sites for hydroxylation is 2. The molecule has 0 aliphatic carbocycles. The van der Waals surface area contributed by atoms with Crippen molar-refractivity contribution in [2.24, 2.45) is 0 Å². The van der Waals surface area contributed by atoms with Crippen LogP contribution in [0.25, 0.3) is 10.2 Å². The molecule has 3 aromatic rings. The molecule has 0 amide bonds. The lowest BCUT2D eigenvalue weighted by atomic mass is 10.0. The summed E-state index contributed by atoms with van der Waals surface area (Å²) in [6, 6.07) is 6.03. The molecule has 0 spiro atoms. The van der Waals surface area contributed by atoms with Crippen molar-refractivity contribution in [1.29, 1.82) is 0 Å². The molecular formula is C18H18N2O2S. The normalized spacial score (nSPS) is 15.5. The van der Waals surface area contributed by atoms with Gasteiger partial charge in [0, 0.05) is 16.9 Å². The van der Waals surface area contributed by atoms with Crippen molar-refractivity contribution < 1.29 is 9.47 Å². The van der Waals surface area contributed by atoms with Crippen molar-refractivity contribution in [3.05, 3.63) is 40.5 Å². The van der Waals surface area contributed by atoms with E-state index in [9.17, 15) is 0 Å². The summed E-state index contributed by atoms with van der Waals surface area (Å²) in [6.45, 7) is 8.36. The molecule has 0 fully saturated rings. The van der Waals surface area contributed by atoms with Crippen LogP contribution in [0, 0.1) is 13.8 Å². The Bertz CT molecular complexity index is 915. The number of fused-ring (bicyclic) bond motifs is 2. The van der Waals surface area contributed by atoms with E-state index in [2.05, 4.69) is 43.7 Å². The fourth-order valence-corrected chi connectivity index (χ4v) is 3.99. The van der Waals surface area contributed by atoms with Crippen molar-refractivity contribution in [3.8, 4) is 17.4 Å². The van der Waals surface area contributed by atoms with Gasteiger partial charge in [0.1, 0.15) is 16.8 Å². The highest BCUT2D eigenvalue weighted by molar-refractivity contribution is 7.18. The fourth-order valence-electron chi connectivity index (χ4n) is 3.00. The van der Waals surface area contributed by atoms with E-state index >= 15 is 0 Å². The van der Waals surface area contributed by atoms with E-state index in [0.717, 1.165) is 28.1 Å². The number of hydrogen-bond acceptors (Lipinski definition) is 5. The Morgan fingerprint density at radius 3 is 2.87 bits per heavy atom. The highest BCUT2D eigenvalue weighted by Gasteiger charge is 2.32. The van der Waals surface area contributed by atoms with Crippen molar-refractivity contribution in [2.45, 2.75) is 39.7 Å². The summed E-state index contributed by atoms with van der Waals surface area (Å²) in [7, 11) is 0. The summed E-state index contributed by atoms with van der Waals surface area (Å²) in [5.74, 6) is 2.14. The Balaban J connectivity index is 1.81. The van der Waals surface area contributed by atoms with Crippen molar-refractivity contribution in [1.82, 2.24) is 9.97 Å². The van der Waals surface area contributed by atoms with Gasteiger partial charge in [-0.05, 0) is 39.3 Å². The van der Waals surface area contributed by atoms with E-state index in [1.165, 1.54) is 16.0 Å². The Kier molecular flexibility index (Phi) is 3.10. The number of rotatable bonds is 2. The zero-order valence-corrected chi connectivity index (χ0v) is 14.5. The Morgan fingerprint density at radius 2 is 2.04 bits per heavy atom. The van der Waals surface area contributed by atoms with Gasteiger partial charge < -0.3 is 9.47 Å². The van der Waals surface area contributed by atoms with Gasteiger partial charge >= 0.3 is 0 Å². The van der Waals surface area contributed by atoms with Crippen LogP contribution >= 0.6 is 11.3 Å². The van der Waals surface area contributed by atoms with Crippen molar-refractivity contribution >= 4 is 21.6 Å². The average Bonchev–Trinajstić information content (AvgIpc) is 2.96. The maximum absolute atomic E-state index is 6.15. The molecule has 5 heteroatoms. The first-order chi connectivity index (χ1) is 10.9. The van der Waals surface area contributed by atoms with Gasteiger partial charge in [0.05, 0.1) is 5.39 Å². The molecule has 0 unspecified atom stereocenters. The summed E-state index contributed by atoms with van der Waals surface area (Å²) in [4.78, 5) is 10.9. The van der Waals surface area contributed by atoms with E-state index < -0.39 is 0 Å². The van der Waals surface area contributed by atoms with Crippen LogP contribution in [0.2, 0.25) is 0 Å². The van der Waals surface area contributed by atoms with Gasteiger partial charge in [-0.15, -0.1) is 11.3 Å². The largest absolute Gasteiger partial charge is 0.483 e. The van der Waals surface area contributed by atoms with Gasteiger partial charge in [0.2, 0.25) is 5.88 Å². The zero-order valence-electron chi connectivity index (χ0n) is 13.6. The average molecular weight is 326 g/mol. The fraction of sp³-hybridized carbons (Fsp3) is 0.333. The number of para-hydroxylation sites is 1. The number of aromatic nitrogens is 2. The predicted molar refractivity (Wildman–Crippen MR) is 91.8 cm³/mol. The third-order valence-electron chi connectivity index (χ3n) is 4.19. The van der Waals surface area contributed by atoms with Crippen LogP contribution in [-0.2, 0) is 6.42 Å². The molecule has 0 radical (unpaired) electrons. The minimum Gasteiger partial charge on any atom is -0.483 e. The lowest BCUT2D eigenvalue weighted by Crippen LogP contribution is -2.24. The first-order valence-electron chi connectivity index (χ1n) is 7.64. The van der Waals surface area contributed by atoms with E-state index in [-0.39, 0.29) is 5.60 Å². The van der Waals surface area contributed by atoms with Crippen LogP contribution in [0.5, 0.6) is 17.4 Å². The second-order valence-corrected chi connectivity index (χ2v) is 7.73. The predicted octanol–water partition coefficient (Wildman–Crippen LogP) is 4.81. The van der Waals surface area contributed by atoms with E-state index in [1.54, 1.807) is 17.7 Å². The molecular weight excluding hydrogens is 308 g/mol. The maximum atomic E-state index is 6.15. The molecule has 0 bridgehead atoms. The third kappa shape index (κ3) is 2.36. The van der Waals surface area contributed by atoms with Gasteiger partial charge in [0.25, 0.3) is 0 Å². The van der Waals surface area contributed by atoms with Crippen molar-refractivity contribution in [2.75, 3.05) is 0 Å². The summed E-state index contributed by atoms with van der Waals surface area (Å²) in [5.41, 5.74) is 2.16. The molecule has 0 N–H and O–H groups in total. The lowest BCUT2D eigenvalue weighted by Gasteiger charge is -2.18. The van der Waals surface area contributed by atoms with E-state index in [4.69, 9.17) is 9.47 Å². The van der Waals surface area contributed by atoms with Crippen LogP contribution in [0.1, 0.15) is 29.9 Å². The number of benzene rings is 1. The molecule has 118 valence electrons. The van der Waals surface area contributed by atoms with E-state index in [0.29, 0.717) is 5.88 Å². The first-order valence-corrected chi connectivity index (χ1v) is 8.46. The molecule has 0 atom stereocenters. The molecule has 1 aliphatic heterocycles. The number of ether oxygens (including phenoxy) is 2. The number of nitrogens with zero attached hydrogens (tertiary/aromatic N) is 2. The highest BCUT2D eigenvalue weighted by Crippen LogP contribution is 2.44. The zero-order chi connectivity index (χ0) is 16.2. The topological polar surface area (TPSA) is 44.2 Å². The maximum Gasteiger partial charge on any atom is 0.231 e. The molecule has 1 aliphatic rings. The van der Waals surface area contributed by atoms with Crippen LogP contribution < -0.4 is 9.47 Å². The second-order valence-electron chi connectivity index (χ2n) is 6.53. The minimum absolute atomic E-state index is 0.197. The first kappa shape index (κ1) is 14.5. The van der Waals surface area contributed by atoms with Crippen LogP contribution in [-0.4, -0.2) is 15.6 Å². The SMILES string of the molecule is Cc1sc2ncnc(Oc3cccc4c3OC(C)(C)C4)c2c1C. The van der Waals surface area contributed by atoms with Gasteiger partial charge in [-0.25, -0.2) is 9.97 Å². The van der Waals surface area contributed by atoms with Crippen LogP contribution in [0.4, 0.5) is 0 Å². The summed E-state index contributed by atoms with van der Waals surface area (Å²) in [5, 5.41) is 0.991. The van der Waals surface area contributed by atoms with Crippen LogP contribution in [0.15, 0.2) is 24.5 Å².